The van der Waals surface area contributed by atoms with Gasteiger partial charge in [0.15, 0.2) is 6.29 Å². The molecule has 0 saturated carbocycles. The monoisotopic (exact) mass is 284 g/mol. The Morgan fingerprint density at radius 3 is 2.74 bits per heavy atom. The summed E-state index contributed by atoms with van der Waals surface area (Å²) in [6.07, 6.45) is -0.148. The molecular weight excluding hydrogens is 264 g/mol. The molecular formula is C15H21ClO3. The first-order chi connectivity index (χ1) is 9.08. The molecule has 0 radical (unpaired) electrons. The second-order valence-corrected chi connectivity index (χ2v) is 5.64. The molecule has 1 aromatic rings. The fraction of sp³-hybridized carbons (Fsp3) is 0.600. The van der Waals surface area contributed by atoms with E-state index in [1.165, 1.54) is 0 Å². The van der Waals surface area contributed by atoms with Crippen LogP contribution in [-0.2, 0) is 20.8 Å². The van der Waals surface area contributed by atoms with Crippen LogP contribution in [0.4, 0.5) is 0 Å². The van der Waals surface area contributed by atoms with Crippen molar-refractivity contribution in [3.63, 3.8) is 0 Å². The van der Waals surface area contributed by atoms with Gasteiger partial charge in [-0.3, -0.25) is 0 Å². The molecule has 1 fully saturated rings. The van der Waals surface area contributed by atoms with E-state index in [9.17, 15) is 0 Å². The molecule has 19 heavy (non-hydrogen) atoms. The van der Waals surface area contributed by atoms with Crippen LogP contribution in [0.1, 0.15) is 26.3 Å². The Hall–Kier alpha value is -0.610. The third kappa shape index (κ3) is 3.93. The minimum absolute atomic E-state index is 0.0311. The number of hydrogen-bond donors (Lipinski definition) is 0. The number of halogens is 1. The van der Waals surface area contributed by atoms with Crippen LogP contribution < -0.4 is 0 Å². The number of hydrogen-bond acceptors (Lipinski definition) is 3. The average Bonchev–Trinajstić information content (AvgIpc) is 2.39. The van der Waals surface area contributed by atoms with Gasteiger partial charge in [-0.05, 0) is 18.6 Å². The van der Waals surface area contributed by atoms with E-state index in [1.54, 1.807) is 0 Å². The molecule has 4 heteroatoms. The van der Waals surface area contributed by atoms with Crippen molar-refractivity contribution in [2.75, 3.05) is 6.61 Å². The van der Waals surface area contributed by atoms with Crippen LogP contribution in [0, 0.1) is 5.92 Å². The molecule has 1 saturated heterocycles. The lowest BCUT2D eigenvalue weighted by atomic mass is 10.1. The maximum absolute atomic E-state index is 6.10. The lowest BCUT2D eigenvalue weighted by Gasteiger charge is -2.36. The van der Waals surface area contributed by atoms with E-state index < -0.39 is 0 Å². The van der Waals surface area contributed by atoms with Crippen molar-refractivity contribution < 1.29 is 14.2 Å². The van der Waals surface area contributed by atoms with Gasteiger partial charge in [0, 0.05) is 10.9 Å². The molecule has 1 aliphatic rings. The van der Waals surface area contributed by atoms with Gasteiger partial charge in [-0.25, -0.2) is 0 Å². The van der Waals surface area contributed by atoms with Gasteiger partial charge in [0.2, 0.25) is 0 Å². The van der Waals surface area contributed by atoms with E-state index in [0.29, 0.717) is 19.1 Å². The van der Waals surface area contributed by atoms with Crippen LogP contribution in [0.3, 0.4) is 0 Å². The number of rotatable bonds is 4. The van der Waals surface area contributed by atoms with Gasteiger partial charge < -0.3 is 14.2 Å². The first-order valence-electron chi connectivity index (χ1n) is 6.70. The lowest BCUT2D eigenvalue weighted by Crippen LogP contribution is -2.45. The average molecular weight is 285 g/mol. The fourth-order valence-corrected chi connectivity index (χ4v) is 2.20. The van der Waals surface area contributed by atoms with Crippen molar-refractivity contribution in [1.29, 1.82) is 0 Å². The number of benzene rings is 1. The van der Waals surface area contributed by atoms with Crippen LogP contribution in [0.15, 0.2) is 24.3 Å². The Morgan fingerprint density at radius 1 is 1.37 bits per heavy atom. The Balaban J connectivity index is 1.86. The summed E-state index contributed by atoms with van der Waals surface area (Å²) in [6.45, 7) is 7.24. The molecule has 3 atom stereocenters. The Kier molecular flexibility index (Phi) is 5.22. The predicted octanol–water partition coefficient (Wildman–Crippen LogP) is 3.64. The van der Waals surface area contributed by atoms with E-state index in [-0.39, 0.29) is 18.5 Å². The first-order valence-corrected chi connectivity index (χ1v) is 7.07. The second-order valence-electron chi connectivity index (χ2n) is 5.23. The molecule has 3 nitrogen and oxygen atoms in total. The van der Waals surface area contributed by atoms with E-state index in [0.717, 1.165) is 10.6 Å². The SMILES string of the molecule is CC(C)[C@H]1OC[C@@H](OCc2ccccc2Cl)[C@@H](C)O1. The van der Waals surface area contributed by atoms with Crippen molar-refractivity contribution in [2.24, 2.45) is 5.92 Å². The highest BCUT2D eigenvalue weighted by Gasteiger charge is 2.31. The third-order valence-electron chi connectivity index (χ3n) is 3.25. The predicted molar refractivity (Wildman–Crippen MR) is 75.2 cm³/mol. The zero-order chi connectivity index (χ0) is 13.8. The van der Waals surface area contributed by atoms with Gasteiger partial charge in [-0.15, -0.1) is 0 Å². The summed E-state index contributed by atoms with van der Waals surface area (Å²) in [7, 11) is 0. The van der Waals surface area contributed by atoms with E-state index in [2.05, 4.69) is 13.8 Å². The fourth-order valence-electron chi connectivity index (χ4n) is 2.01. The van der Waals surface area contributed by atoms with Crippen LogP contribution in [0.2, 0.25) is 5.02 Å². The maximum Gasteiger partial charge on any atom is 0.160 e. The van der Waals surface area contributed by atoms with Crippen LogP contribution in [0.25, 0.3) is 0 Å². The minimum atomic E-state index is -0.129. The smallest absolute Gasteiger partial charge is 0.160 e. The van der Waals surface area contributed by atoms with E-state index in [4.69, 9.17) is 25.8 Å². The van der Waals surface area contributed by atoms with Crippen LogP contribution in [0.5, 0.6) is 0 Å². The molecule has 1 aliphatic heterocycles. The van der Waals surface area contributed by atoms with Gasteiger partial charge in [0.05, 0.1) is 19.3 Å². The van der Waals surface area contributed by atoms with Crippen molar-refractivity contribution in [3.05, 3.63) is 34.9 Å². The van der Waals surface area contributed by atoms with Crippen LogP contribution >= 0.6 is 11.6 Å². The molecule has 0 bridgehead atoms. The summed E-state index contributed by atoms with van der Waals surface area (Å²) in [5, 5.41) is 0.729. The molecule has 0 spiro atoms. The molecule has 0 N–H and O–H groups in total. The highest BCUT2D eigenvalue weighted by molar-refractivity contribution is 6.31. The third-order valence-corrected chi connectivity index (χ3v) is 3.62. The normalized spacial score (nSPS) is 27.7. The molecule has 1 heterocycles. The molecule has 1 aromatic carbocycles. The molecule has 2 rings (SSSR count). The maximum atomic E-state index is 6.10. The zero-order valence-corrected chi connectivity index (χ0v) is 12.4. The number of ether oxygens (including phenoxy) is 3. The van der Waals surface area contributed by atoms with Crippen molar-refractivity contribution in [3.8, 4) is 0 Å². The minimum Gasteiger partial charge on any atom is -0.368 e. The summed E-state index contributed by atoms with van der Waals surface area (Å²) >= 11 is 6.10. The highest BCUT2D eigenvalue weighted by Crippen LogP contribution is 2.23. The van der Waals surface area contributed by atoms with Gasteiger partial charge in [0.25, 0.3) is 0 Å². The van der Waals surface area contributed by atoms with E-state index in [1.807, 2.05) is 31.2 Å². The standard InChI is InChI=1S/C15H21ClO3/c1-10(2)15-18-9-14(11(3)19-15)17-8-12-6-4-5-7-13(12)16/h4-7,10-11,14-15H,8-9H2,1-3H3/t11-,14-,15+/m1/s1. The van der Waals surface area contributed by atoms with Gasteiger partial charge in [-0.1, -0.05) is 43.6 Å². The first kappa shape index (κ1) is 14.8. The Bertz CT molecular complexity index is 408. The topological polar surface area (TPSA) is 27.7 Å². The molecule has 106 valence electrons. The van der Waals surface area contributed by atoms with Crippen molar-refractivity contribution in [1.82, 2.24) is 0 Å². The zero-order valence-electron chi connectivity index (χ0n) is 11.6. The van der Waals surface area contributed by atoms with Crippen molar-refractivity contribution in [2.45, 2.75) is 45.9 Å². The Labute approximate surface area is 119 Å². The molecule has 0 aromatic heterocycles. The summed E-state index contributed by atoms with van der Waals surface area (Å²) < 4.78 is 17.3. The lowest BCUT2D eigenvalue weighted by molar-refractivity contribution is -0.272. The summed E-state index contributed by atoms with van der Waals surface area (Å²) in [5.74, 6) is 0.354. The molecule has 0 aliphatic carbocycles. The largest absolute Gasteiger partial charge is 0.368 e. The summed E-state index contributed by atoms with van der Waals surface area (Å²) in [5.41, 5.74) is 0.988. The van der Waals surface area contributed by atoms with Crippen LogP contribution in [-0.4, -0.2) is 25.1 Å². The van der Waals surface area contributed by atoms with Gasteiger partial charge >= 0.3 is 0 Å². The highest BCUT2D eigenvalue weighted by atomic mass is 35.5. The Morgan fingerprint density at radius 2 is 2.11 bits per heavy atom. The second kappa shape index (κ2) is 6.71. The quantitative estimate of drug-likeness (QED) is 0.845. The van der Waals surface area contributed by atoms with Crippen molar-refractivity contribution >= 4 is 11.6 Å². The van der Waals surface area contributed by atoms with Gasteiger partial charge in [0.1, 0.15) is 6.10 Å². The summed E-state index contributed by atoms with van der Waals surface area (Å²) in [4.78, 5) is 0. The molecule has 0 amide bonds. The molecule has 0 unspecified atom stereocenters. The van der Waals surface area contributed by atoms with E-state index >= 15 is 0 Å². The summed E-state index contributed by atoms with van der Waals surface area (Å²) in [6, 6.07) is 7.70. The van der Waals surface area contributed by atoms with Gasteiger partial charge in [-0.2, -0.15) is 0 Å².